The average molecular weight is 213 g/mol. The van der Waals surface area contributed by atoms with Crippen LogP contribution in [0.15, 0.2) is 5.38 Å². The van der Waals surface area contributed by atoms with Crippen LogP contribution in [0.25, 0.3) is 0 Å². The van der Waals surface area contributed by atoms with Gasteiger partial charge in [-0.3, -0.25) is 4.79 Å². The van der Waals surface area contributed by atoms with Gasteiger partial charge < -0.3 is 11.1 Å². The summed E-state index contributed by atoms with van der Waals surface area (Å²) in [6.07, 6.45) is 0.342. The van der Waals surface area contributed by atoms with Crippen molar-refractivity contribution in [1.29, 1.82) is 0 Å². The van der Waals surface area contributed by atoms with E-state index in [9.17, 15) is 4.79 Å². The molecule has 0 aliphatic heterocycles. The van der Waals surface area contributed by atoms with Crippen LogP contribution in [0.1, 0.15) is 24.5 Å². The highest BCUT2D eigenvalue weighted by molar-refractivity contribution is 7.09. The van der Waals surface area contributed by atoms with Crippen molar-refractivity contribution in [3.8, 4) is 0 Å². The van der Waals surface area contributed by atoms with E-state index in [1.807, 2.05) is 19.2 Å². The molecule has 0 aliphatic rings. The quantitative estimate of drug-likeness (QED) is 0.772. The predicted octanol–water partition coefficient (Wildman–Crippen LogP) is 0.669. The lowest BCUT2D eigenvalue weighted by Crippen LogP contribution is -2.31. The topological polar surface area (TPSA) is 68.0 Å². The molecule has 4 nitrogen and oxygen atoms in total. The normalized spacial score (nSPS) is 10.6. The highest BCUT2D eigenvalue weighted by atomic mass is 32.1. The first-order valence-electron chi connectivity index (χ1n) is 4.54. The Balaban J connectivity index is 2.47. The van der Waals surface area contributed by atoms with Gasteiger partial charge in [-0.25, -0.2) is 4.98 Å². The van der Waals surface area contributed by atoms with Gasteiger partial charge in [0.05, 0.1) is 12.1 Å². The van der Waals surface area contributed by atoms with Crippen LogP contribution >= 0.6 is 11.3 Å². The molecule has 0 saturated heterocycles. The van der Waals surface area contributed by atoms with Crippen LogP contribution in [0.2, 0.25) is 0 Å². The summed E-state index contributed by atoms with van der Waals surface area (Å²) in [7, 11) is 0. The number of rotatable bonds is 4. The fourth-order valence-corrected chi connectivity index (χ4v) is 1.74. The fourth-order valence-electron chi connectivity index (χ4n) is 1.06. The Morgan fingerprint density at radius 3 is 2.93 bits per heavy atom. The van der Waals surface area contributed by atoms with Gasteiger partial charge in [0, 0.05) is 18.0 Å². The van der Waals surface area contributed by atoms with Crippen LogP contribution < -0.4 is 11.1 Å². The molecular weight excluding hydrogens is 198 g/mol. The van der Waals surface area contributed by atoms with Gasteiger partial charge in [0.1, 0.15) is 5.01 Å². The summed E-state index contributed by atoms with van der Waals surface area (Å²) in [6, 6.07) is 0.176. The maximum absolute atomic E-state index is 11.3. The van der Waals surface area contributed by atoms with E-state index in [1.54, 1.807) is 0 Å². The summed E-state index contributed by atoms with van der Waals surface area (Å²) in [5, 5.41) is 5.56. The molecule has 5 heteroatoms. The van der Waals surface area contributed by atoms with Crippen molar-refractivity contribution in [3.05, 3.63) is 16.1 Å². The minimum Gasteiger partial charge on any atom is -0.354 e. The summed E-state index contributed by atoms with van der Waals surface area (Å²) in [6.45, 7) is 4.31. The summed E-state index contributed by atoms with van der Waals surface area (Å²) in [4.78, 5) is 15.6. The van der Waals surface area contributed by atoms with E-state index in [0.717, 1.165) is 10.7 Å². The van der Waals surface area contributed by atoms with Crippen molar-refractivity contribution in [3.63, 3.8) is 0 Å². The Morgan fingerprint density at radius 1 is 1.71 bits per heavy atom. The van der Waals surface area contributed by atoms with Gasteiger partial charge in [-0.05, 0) is 13.8 Å². The highest BCUT2D eigenvalue weighted by Gasteiger charge is 2.07. The molecule has 3 N–H and O–H groups in total. The monoisotopic (exact) mass is 213 g/mol. The second kappa shape index (κ2) is 5.07. The van der Waals surface area contributed by atoms with Crippen molar-refractivity contribution in [2.24, 2.45) is 5.73 Å². The van der Waals surface area contributed by atoms with Gasteiger partial charge in [0.2, 0.25) is 5.91 Å². The summed E-state index contributed by atoms with van der Waals surface area (Å²) < 4.78 is 0. The standard InChI is InChI=1S/C9H15N3OS/c1-6(2)11-8(13)3-7-5-14-9(4-10)12-7/h5-6H,3-4,10H2,1-2H3,(H,11,13). The highest BCUT2D eigenvalue weighted by Crippen LogP contribution is 2.09. The van der Waals surface area contributed by atoms with Crippen molar-refractivity contribution in [1.82, 2.24) is 10.3 Å². The first-order valence-corrected chi connectivity index (χ1v) is 5.42. The Morgan fingerprint density at radius 2 is 2.43 bits per heavy atom. The zero-order valence-corrected chi connectivity index (χ0v) is 9.23. The molecule has 0 bridgehead atoms. The number of aromatic nitrogens is 1. The zero-order chi connectivity index (χ0) is 10.6. The number of hydrogen-bond donors (Lipinski definition) is 2. The van der Waals surface area contributed by atoms with Gasteiger partial charge >= 0.3 is 0 Å². The second-order valence-electron chi connectivity index (χ2n) is 3.34. The summed E-state index contributed by atoms with van der Waals surface area (Å²) in [5.41, 5.74) is 6.22. The molecule has 1 aromatic rings. The summed E-state index contributed by atoms with van der Waals surface area (Å²) >= 11 is 1.49. The molecule has 0 fully saturated rings. The first kappa shape index (κ1) is 11.1. The second-order valence-corrected chi connectivity index (χ2v) is 4.28. The number of carbonyl (C=O) groups is 1. The van der Waals surface area contributed by atoms with Gasteiger partial charge in [-0.1, -0.05) is 0 Å². The average Bonchev–Trinajstić information content (AvgIpc) is 2.50. The Hall–Kier alpha value is -0.940. The van der Waals surface area contributed by atoms with Crippen molar-refractivity contribution in [2.45, 2.75) is 32.9 Å². The zero-order valence-electron chi connectivity index (χ0n) is 8.41. The van der Waals surface area contributed by atoms with Gasteiger partial charge in [0.25, 0.3) is 0 Å². The van der Waals surface area contributed by atoms with E-state index >= 15 is 0 Å². The van der Waals surface area contributed by atoms with Crippen molar-refractivity contribution < 1.29 is 4.79 Å². The lowest BCUT2D eigenvalue weighted by molar-refractivity contribution is -0.120. The maximum Gasteiger partial charge on any atom is 0.226 e. The van der Waals surface area contributed by atoms with E-state index in [4.69, 9.17) is 5.73 Å². The number of nitrogens with one attached hydrogen (secondary N) is 1. The Kier molecular flexibility index (Phi) is 4.03. The number of amides is 1. The van der Waals surface area contributed by atoms with Gasteiger partial charge in [-0.15, -0.1) is 11.3 Å². The number of thiazole rings is 1. The van der Waals surface area contributed by atoms with Crippen LogP contribution in [0.4, 0.5) is 0 Å². The molecule has 1 rings (SSSR count). The van der Waals surface area contributed by atoms with E-state index in [0.29, 0.717) is 13.0 Å². The molecular formula is C9H15N3OS. The lowest BCUT2D eigenvalue weighted by Gasteiger charge is -2.06. The molecule has 0 aliphatic carbocycles. The third kappa shape index (κ3) is 3.43. The molecule has 0 aromatic carbocycles. The number of nitrogens with two attached hydrogens (primary N) is 1. The van der Waals surface area contributed by atoms with E-state index in [1.165, 1.54) is 11.3 Å². The molecule has 1 heterocycles. The van der Waals surface area contributed by atoms with Crippen LogP contribution in [0, 0.1) is 0 Å². The molecule has 1 aromatic heterocycles. The SMILES string of the molecule is CC(C)NC(=O)Cc1csc(CN)n1. The summed E-state index contributed by atoms with van der Waals surface area (Å²) in [5.74, 6) is 0.00821. The minimum atomic E-state index is 0.00821. The van der Waals surface area contributed by atoms with Crippen LogP contribution in [-0.4, -0.2) is 16.9 Å². The van der Waals surface area contributed by atoms with Gasteiger partial charge in [-0.2, -0.15) is 0 Å². The van der Waals surface area contributed by atoms with E-state index < -0.39 is 0 Å². The smallest absolute Gasteiger partial charge is 0.226 e. The predicted molar refractivity (Wildman–Crippen MR) is 57.0 cm³/mol. The third-order valence-electron chi connectivity index (χ3n) is 1.57. The maximum atomic E-state index is 11.3. The van der Waals surface area contributed by atoms with Gasteiger partial charge in [0.15, 0.2) is 0 Å². The molecule has 0 atom stereocenters. The van der Waals surface area contributed by atoms with Crippen LogP contribution in [0.3, 0.4) is 0 Å². The van der Waals surface area contributed by atoms with E-state index in [-0.39, 0.29) is 11.9 Å². The molecule has 0 radical (unpaired) electrons. The van der Waals surface area contributed by atoms with Crippen molar-refractivity contribution >= 4 is 17.2 Å². The molecule has 0 spiro atoms. The molecule has 1 amide bonds. The number of hydrogen-bond acceptors (Lipinski definition) is 4. The van der Waals surface area contributed by atoms with E-state index in [2.05, 4.69) is 10.3 Å². The number of nitrogens with zero attached hydrogens (tertiary/aromatic N) is 1. The third-order valence-corrected chi connectivity index (χ3v) is 2.49. The van der Waals surface area contributed by atoms with Crippen LogP contribution in [-0.2, 0) is 17.8 Å². The number of carbonyl (C=O) groups excluding carboxylic acids is 1. The Labute approximate surface area is 87.5 Å². The van der Waals surface area contributed by atoms with Crippen LogP contribution in [0.5, 0.6) is 0 Å². The first-order chi connectivity index (χ1) is 6.61. The largest absolute Gasteiger partial charge is 0.354 e. The van der Waals surface area contributed by atoms with Crippen molar-refractivity contribution in [2.75, 3.05) is 0 Å². The molecule has 0 saturated carbocycles. The minimum absolute atomic E-state index is 0.00821. The molecule has 78 valence electrons. The molecule has 0 unspecified atom stereocenters. The molecule has 14 heavy (non-hydrogen) atoms. The lowest BCUT2D eigenvalue weighted by atomic mass is 10.3. The fraction of sp³-hybridized carbons (Fsp3) is 0.556. The Bertz CT molecular complexity index is 309.